The minimum absolute atomic E-state index is 0.850. The van der Waals surface area contributed by atoms with Crippen LogP contribution in [0, 0.1) is 6.92 Å². The lowest BCUT2D eigenvalue weighted by atomic mass is 9.92. The summed E-state index contributed by atoms with van der Waals surface area (Å²) in [6, 6.07) is 7.24. The Kier molecular flexibility index (Phi) is 10.2. The van der Waals surface area contributed by atoms with Gasteiger partial charge in [0.15, 0.2) is 0 Å². The average molecular weight is 452 g/mol. The fourth-order valence-electron chi connectivity index (χ4n) is 5.44. The zero-order valence-corrected chi connectivity index (χ0v) is 21.7. The smallest absolute Gasteiger partial charge is 0.119 e. The second-order valence-corrected chi connectivity index (χ2v) is 9.57. The molecule has 0 N–H and O–H groups in total. The maximum absolute atomic E-state index is 5.55. The molecule has 1 aromatic carbocycles. The maximum atomic E-state index is 5.55. The SMILES string of the molecule is CC=N/C(CC)=C(C)/C(=C\CCN1CCN(C2CCCCC2)CC1)c1cc(OC)ccc1C. The Morgan fingerprint density at radius 3 is 2.48 bits per heavy atom. The normalized spacial score (nSPS) is 20.3. The number of hydrogen-bond donors (Lipinski definition) is 0. The predicted octanol–water partition coefficient (Wildman–Crippen LogP) is 6.50. The summed E-state index contributed by atoms with van der Waals surface area (Å²) >= 11 is 0. The number of nitrogens with zero attached hydrogens (tertiary/aromatic N) is 3. The summed E-state index contributed by atoms with van der Waals surface area (Å²) in [6.45, 7) is 14.6. The molecule has 0 atom stereocenters. The van der Waals surface area contributed by atoms with Crippen molar-refractivity contribution in [3.8, 4) is 5.75 Å². The molecule has 0 bridgehead atoms. The molecule has 1 aliphatic heterocycles. The van der Waals surface area contributed by atoms with Gasteiger partial charge in [-0.3, -0.25) is 9.89 Å². The highest BCUT2D eigenvalue weighted by Crippen LogP contribution is 2.32. The quantitative estimate of drug-likeness (QED) is 0.317. The van der Waals surface area contributed by atoms with Crippen LogP contribution in [0.5, 0.6) is 5.75 Å². The zero-order chi connectivity index (χ0) is 23.6. The molecule has 1 saturated carbocycles. The lowest BCUT2D eigenvalue weighted by molar-refractivity contribution is 0.0799. The Morgan fingerprint density at radius 1 is 1.12 bits per heavy atom. The predicted molar refractivity (Wildman–Crippen MR) is 142 cm³/mol. The van der Waals surface area contributed by atoms with Crippen LogP contribution < -0.4 is 4.74 Å². The van der Waals surface area contributed by atoms with Crippen LogP contribution in [0.4, 0.5) is 0 Å². The van der Waals surface area contributed by atoms with E-state index < -0.39 is 0 Å². The molecule has 3 rings (SSSR count). The molecule has 4 heteroatoms. The molecular weight excluding hydrogens is 406 g/mol. The van der Waals surface area contributed by atoms with Gasteiger partial charge in [-0.25, -0.2) is 0 Å². The Balaban J connectivity index is 1.71. The van der Waals surface area contributed by atoms with Crippen molar-refractivity contribution >= 4 is 11.8 Å². The molecular formula is C29H45N3O. The number of aliphatic imine (C=N–C) groups is 1. The van der Waals surface area contributed by atoms with Gasteiger partial charge < -0.3 is 9.64 Å². The van der Waals surface area contributed by atoms with Crippen molar-refractivity contribution < 1.29 is 4.74 Å². The van der Waals surface area contributed by atoms with E-state index in [0.29, 0.717) is 0 Å². The minimum Gasteiger partial charge on any atom is -0.497 e. The Bertz CT molecular complexity index is 840. The largest absolute Gasteiger partial charge is 0.497 e. The molecule has 1 aliphatic carbocycles. The van der Waals surface area contributed by atoms with Crippen LogP contribution in [0.3, 0.4) is 0 Å². The van der Waals surface area contributed by atoms with E-state index in [1.165, 1.54) is 80.6 Å². The standard InChI is InChI=1S/C29H45N3O/c1-6-29(30-7-2)24(4)27(28-22-26(33-5)16-15-23(28)3)14-11-17-31-18-20-32(21-19-31)25-12-9-8-10-13-25/h7,14-16,22,25H,6,8-13,17-21H2,1-5H3/b27-14+,29-24+,30-7?. The van der Waals surface area contributed by atoms with Crippen molar-refractivity contribution in [1.29, 1.82) is 0 Å². The second kappa shape index (κ2) is 13.1. The summed E-state index contributed by atoms with van der Waals surface area (Å²) < 4.78 is 5.55. The van der Waals surface area contributed by atoms with E-state index in [1.54, 1.807) is 7.11 Å². The molecule has 0 amide bonds. The molecule has 0 radical (unpaired) electrons. The molecule has 1 saturated heterocycles. The molecule has 0 aromatic heterocycles. The van der Waals surface area contributed by atoms with Gasteiger partial charge in [0.05, 0.1) is 7.11 Å². The van der Waals surface area contributed by atoms with Crippen molar-refractivity contribution in [2.75, 3.05) is 39.8 Å². The monoisotopic (exact) mass is 451 g/mol. The van der Waals surface area contributed by atoms with Gasteiger partial charge in [0, 0.05) is 50.7 Å². The molecule has 2 aliphatic rings. The number of piperazine rings is 1. The van der Waals surface area contributed by atoms with E-state index in [9.17, 15) is 0 Å². The van der Waals surface area contributed by atoms with Crippen LogP contribution >= 0.6 is 0 Å². The Hall–Kier alpha value is -1.91. The van der Waals surface area contributed by atoms with Gasteiger partial charge >= 0.3 is 0 Å². The van der Waals surface area contributed by atoms with Crippen molar-refractivity contribution in [2.45, 2.75) is 78.7 Å². The van der Waals surface area contributed by atoms with Gasteiger partial charge in [0.1, 0.15) is 5.75 Å². The average Bonchev–Trinajstić information content (AvgIpc) is 2.86. The van der Waals surface area contributed by atoms with E-state index in [2.05, 4.69) is 53.8 Å². The van der Waals surface area contributed by atoms with Crippen LogP contribution in [0.1, 0.15) is 76.8 Å². The summed E-state index contributed by atoms with van der Waals surface area (Å²) in [7, 11) is 1.74. The lowest BCUT2D eigenvalue weighted by Crippen LogP contribution is -2.50. The summed E-state index contributed by atoms with van der Waals surface area (Å²) in [6.07, 6.45) is 13.5. The third-order valence-corrected chi connectivity index (χ3v) is 7.48. The summed E-state index contributed by atoms with van der Waals surface area (Å²) in [5.74, 6) is 0.908. The highest BCUT2D eigenvalue weighted by atomic mass is 16.5. The minimum atomic E-state index is 0.850. The molecule has 0 unspecified atom stereocenters. The molecule has 182 valence electrons. The number of aryl methyl sites for hydroxylation is 1. The van der Waals surface area contributed by atoms with Gasteiger partial charge in [-0.2, -0.15) is 0 Å². The van der Waals surface area contributed by atoms with Crippen molar-refractivity contribution in [3.63, 3.8) is 0 Å². The van der Waals surface area contributed by atoms with Gasteiger partial charge in [-0.05, 0) is 80.9 Å². The highest BCUT2D eigenvalue weighted by Gasteiger charge is 2.24. The summed E-state index contributed by atoms with van der Waals surface area (Å²) in [5.41, 5.74) is 6.26. The van der Waals surface area contributed by atoms with Gasteiger partial charge in [-0.15, -0.1) is 0 Å². The summed E-state index contributed by atoms with van der Waals surface area (Å²) in [5, 5.41) is 0. The Labute approximate surface area is 202 Å². The van der Waals surface area contributed by atoms with Crippen molar-refractivity contribution in [2.24, 2.45) is 4.99 Å². The first-order valence-corrected chi connectivity index (χ1v) is 13.1. The van der Waals surface area contributed by atoms with E-state index in [0.717, 1.165) is 36.9 Å². The molecule has 4 nitrogen and oxygen atoms in total. The molecule has 1 heterocycles. The number of allylic oxidation sites excluding steroid dienone is 3. The number of hydrogen-bond acceptors (Lipinski definition) is 4. The number of rotatable bonds is 9. The molecule has 2 fully saturated rings. The number of methoxy groups -OCH3 is 1. The lowest BCUT2D eigenvalue weighted by Gasteiger charge is -2.40. The van der Waals surface area contributed by atoms with Gasteiger partial charge in [-0.1, -0.05) is 38.3 Å². The van der Waals surface area contributed by atoms with E-state index >= 15 is 0 Å². The van der Waals surface area contributed by atoms with Crippen molar-refractivity contribution in [3.05, 3.63) is 46.7 Å². The van der Waals surface area contributed by atoms with Crippen LogP contribution in [0.25, 0.3) is 5.57 Å². The molecule has 33 heavy (non-hydrogen) atoms. The maximum Gasteiger partial charge on any atom is 0.119 e. The Morgan fingerprint density at radius 2 is 1.85 bits per heavy atom. The van der Waals surface area contributed by atoms with Crippen LogP contribution in [-0.4, -0.2) is 61.9 Å². The summed E-state index contributed by atoms with van der Waals surface area (Å²) in [4.78, 5) is 10.1. The first-order valence-electron chi connectivity index (χ1n) is 13.1. The van der Waals surface area contributed by atoms with Gasteiger partial charge in [0.25, 0.3) is 0 Å². The topological polar surface area (TPSA) is 28.1 Å². The number of ether oxygens (including phenoxy) is 1. The van der Waals surface area contributed by atoms with Crippen molar-refractivity contribution in [1.82, 2.24) is 9.80 Å². The van der Waals surface area contributed by atoms with E-state index in [4.69, 9.17) is 4.74 Å². The van der Waals surface area contributed by atoms with E-state index in [-0.39, 0.29) is 0 Å². The van der Waals surface area contributed by atoms with Crippen LogP contribution in [0.15, 0.2) is 40.5 Å². The zero-order valence-electron chi connectivity index (χ0n) is 21.7. The van der Waals surface area contributed by atoms with Crippen LogP contribution in [0.2, 0.25) is 0 Å². The second-order valence-electron chi connectivity index (χ2n) is 9.57. The third kappa shape index (κ3) is 7.04. The van der Waals surface area contributed by atoms with E-state index in [1.807, 2.05) is 19.2 Å². The fraction of sp³-hybridized carbons (Fsp3) is 0.621. The first-order chi connectivity index (χ1) is 16.1. The first kappa shape index (κ1) is 25.7. The fourth-order valence-corrected chi connectivity index (χ4v) is 5.44. The van der Waals surface area contributed by atoms with Gasteiger partial charge in [0.2, 0.25) is 0 Å². The molecule has 0 spiro atoms. The van der Waals surface area contributed by atoms with Crippen LogP contribution in [-0.2, 0) is 0 Å². The molecule has 1 aromatic rings. The number of benzene rings is 1. The highest BCUT2D eigenvalue weighted by molar-refractivity contribution is 5.82. The third-order valence-electron chi connectivity index (χ3n) is 7.48.